The minimum absolute atomic E-state index is 0.0133. The van der Waals surface area contributed by atoms with E-state index in [9.17, 15) is 19.5 Å². The third-order valence-electron chi connectivity index (χ3n) is 8.12. The van der Waals surface area contributed by atoms with Gasteiger partial charge in [-0.15, -0.1) is 0 Å². The standard InChI is InChI=1S/C28H32N2O5/c1-2-8-24(25(31)30-15-18-9-7-14-28(18,17-30)26(32)33)29-27(34)35-16-23-21-12-5-3-10-19(21)20-11-4-6-13-22(20)23/h3-6,10-13,18,23-24H,2,7-9,14-17H2,1H3,(H,29,34)(H,32,33)/t18-,24+,28-/m0/s1. The van der Waals surface area contributed by atoms with Crippen molar-refractivity contribution < 1.29 is 24.2 Å². The fourth-order valence-corrected chi connectivity index (χ4v) is 6.36. The molecule has 2 fully saturated rings. The predicted octanol–water partition coefficient (Wildman–Crippen LogP) is 4.41. The summed E-state index contributed by atoms with van der Waals surface area (Å²) in [5.41, 5.74) is 3.73. The molecule has 7 nitrogen and oxygen atoms in total. The van der Waals surface area contributed by atoms with Crippen LogP contribution in [-0.4, -0.2) is 53.7 Å². The molecule has 7 heteroatoms. The Morgan fingerprint density at radius 2 is 1.77 bits per heavy atom. The Hall–Kier alpha value is -3.35. The summed E-state index contributed by atoms with van der Waals surface area (Å²) < 4.78 is 5.65. The van der Waals surface area contributed by atoms with Gasteiger partial charge in [0.2, 0.25) is 5.91 Å². The van der Waals surface area contributed by atoms with E-state index in [4.69, 9.17) is 4.74 Å². The molecule has 2 amide bonds. The van der Waals surface area contributed by atoms with E-state index in [0.717, 1.165) is 35.1 Å². The van der Waals surface area contributed by atoms with Crippen LogP contribution < -0.4 is 5.32 Å². The second kappa shape index (κ2) is 9.36. The number of ether oxygens (including phenoxy) is 1. The fraction of sp³-hybridized carbons (Fsp3) is 0.464. The Morgan fingerprint density at radius 1 is 1.11 bits per heavy atom. The first kappa shape index (κ1) is 23.4. The summed E-state index contributed by atoms with van der Waals surface area (Å²) in [5, 5.41) is 12.6. The van der Waals surface area contributed by atoms with Crippen LogP contribution in [-0.2, 0) is 14.3 Å². The van der Waals surface area contributed by atoms with Gasteiger partial charge in [-0.05, 0) is 47.4 Å². The number of carboxylic acid groups (broad SMARTS) is 1. The normalized spacial score (nSPS) is 23.3. The maximum absolute atomic E-state index is 13.3. The number of hydrogen-bond acceptors (Lipinski definition) is 4. The van der Waals surface area contributed by atoms with Crippen LogP contribution in [0.5, 0.6) is 0 Å². The van der Waals surface area contributed by atoms with Crippen LogP contribution in [0.3, 0.4) is 0 Å². The number of alkyl carbamates (subject to hydrolysis) is 1. The van der Waals surface area contributed by atoms with Crippen LogP contribution in [0.2, 0.25) is 0 Å². The van der Waals surface area contributed by atoms with Crippen molar-refractivity contribution in [1.29, 1.82) is 0 Å². The zero-order chi connectivity index (χ0) is 24.6. The highest BCUT2D eigenvalue weighted by atomic mass is 16.5. The summed E-state index contributed by atoms with van der Waals surface area (Å²) in [5.74, 6) is -1.09. The van der Waals surface area contributed by atoms with Crippen molar-refractivity contribution in [3.05, 3.63) is 59.7 Å². The second-order valence-corrected chi connectivity index (χ2v) is 10.1. The second-order valence-electron chi connectivity index (χ2n) is 10.1. The lowest BCUT2D eigenvalue weighted by molar-refractivity contribution is -0.149. The van der Waals surface area contributed by atoms with Gasteiger partial charge in [0.25, 0.3) is 0 Å². The summed E-state index contributed by atoms with van der Waals surface area (Å²) in [6.07, 6.45) is 2.88. The van der Waals surface area contributed by atoms with Gasteiger partial charge in [0.1, 0.15) is 12.6 Å². The lowest BCUT2D eigenvalue weighted by atomic mass is 9.81. The molecule has 0 bridgehead atoms. The molecular weight excluding hydrogens is 444 g/mol. The van der Waals surface area contributed by atoms with Gasteiger partial charge in [0, 0.05) is 19.0 Å². The van der Waals surface area contributed by atoms with E-state index >= 15 is 0 Å². The zero-order valence-corrected chi connectivity index (χ0v) is 20.0. The first-order valence-corrected chi connectivity index (χ1v) is 12.6. The monoisotopic (exact) mass is 476 g/mol. The molecule has 0 radical (unpaired) electrons. The molecule has 0 spiro atoms. The molecule has 2 N–H and O–H groups in total. The maximum atomic E-state index is 13.3. The Balaban J connectivity index is 1.24. The molecule has 2 aromatic rings. The van der Waals surface area contributed by atoms with Crippen LogP contribution in [0.15, 0.2) is 48.5 Å². The predicted molar refractivity (Wildman–Crippen MR) is 131 cm³/mol. The zero-order valence-electron chi connectivity index (χ0n) is 20.0. The number of hydrogen-bond donors (Lipinski definition) is 2. The lowest BCUT2D eigenvalue weighted by Gasteiger charge is -2.26. The summed E-state index contributed by atoms with van der Waals surface area (Å²) in [6.45, 7) is 2.80. The maximum Gasteiger partial charge on any atom is 0.407 e. The highest BCUT2D eigenvalue weighted by Crippen LogP contribution is 2.49. The van der Waals surface area contributed by atoms with Crippen molar-refractivity contribution >= 4 is 18.0 Å². The Bertz CT molecular complexity index is 1100. The van der Waals surface area contributed by atoms with E-state index in [1.54, 1.807) is 4.90 Å². The number of carboxylic acids is 1. The molecule has 2 aliphatic carbocycles. The minimum atomic E-state index is -0.837. The van der Waals surface area contributed by atoms with E-state index in [2.05, 4.69) is 29.6 Å². The Morgan fingerprint density at radius 3 is 2.37 bits per heavy atom. The van der Waals surface area contributed by atoms with Gasteiger partial charge in [-0.25, -0.2) is 4.79 Å². The number of carbonyl (C=O) groups excluding carboxylic acids is 2. The van der Waals surface area contributed by atoms with Crippen molar-refractivity contribution in [1.82, 2.24) is 10.2 Å². The summed E-state index contributed by atoms with van der Waals surface area (Å²) in [7, 11) is 0. The third kappa shape index (κ3) is 4.07. The number of likely N-dealkylation sites (tertiary alicyclic amines) is 1. The quantitative estimate of drug-likeness (QED) is 0.617. The lowest BCUT2D eigenvalue weighted by Crippen LogP contribution is -2.49. The van der Waals surface area contributed by atoms with Gasteiger partial charge in [-0.3, -0.25) is 9.59 Å². The molecule has 1 saturated heterocycles. The van der Waals surface area contributed by atoms with Gasteiger partial charge in [-0.1, -0.05) is 68.3 Å². The smallest absolute Gasteiger partial charge is 0.407 e. The molecule has 3 aliphatic rings. The number of nitrogens with one attached hydrogen (secondary N) is 1. The SMILES string of the molecule is CCC[C@@H](NC(=O)OCC1c2ccccc2-c2ccccc21)C(=O)N1C[C@@H]2CCC[C@]2(C(=O)O)C1. The molecule has 0 aromatic heterocycles. The number of rotatable bonds is 7. The molecule has 1 heterocycles. The first-order chi connectivity index (χ1) is 16.9. The van der Waals surface area contributed by atoms with E-state index in [1.165, 1.54) is 0 Å². The first-order valence-electron chi connectivity index (χ1n) is 12.6. The average molecular weight is 477 g/mol. The van der Waals surface area contributed by atoms with Crippen molar-refractivity contribution in [2.24, 2.45) is 11.3 Å². The number of aliphatic carboxylic acids is 1. The third-order valence-corrected chi connectivity index (χ3v) is 8.12. The largest absolute Gasteiger partial charge is 0.481 e. The summed E-state index contributed by atoms with van der Waals surface area (Å²) >= 11 is 0. The number of benzene rings is 2. The molecular formula is C28H32N2O5. The molecule has 3 atom stereocenters. The number of carbonyl (C=O) groups is 3. The summed E-state index contributed by atoms with van der Waals surface area (Å²) in [6, 6.07) is 15.6. The molecule has 5 rings (SSSR count). The minimum Gasteiger partial charge on any atom is -0.481 e. The van der Waals surface area contributed by atoms with E-state index in [1.807, 2.05) is 31.2 Å². The van der Waals surface area contributed by atoms with Gasteiger partial charge in [0.15, 0.2) is 0 Å². The molecule has 0 unspecified atom stereocenters. The van der Waals surface area contributed by atoms with Gasteiger partial charge >= 0.3 is 12.1 Å². The molecule has 1 aliphatic heterocycles. The van der Waals surface area contributed by atoms with Gasteiger partial charge < -0.3 is 20.1 Å². The Kier molecular flexibility index (Phi) is 6.26. The molecule has 1 saturated carbocycles. The highest BCUT2D eigenvalue weighted by Gasteiger charge is 2.56. The number of amides is 2. The fourth-order valence-electron chi connectivity index (χ4n) is 6.36. The van der Waals surface area contributed by atoms with Crippen molar-refractivity contribution in [3.8, 4) is 11.1 Å². The summed E-state index contributed by atoms with van der Waals surface area (Å²) in [4.78, 5) is 39.8. The van der Waals surface area contributed by atoms with E-state index < -0.39 is 23.5 Å². The topological polar surface area (TPSA) is 95.9 Å². The van der Waals surface area contributed by atoms with Crippen LogP contribution >= 0.6 is 0 Å². The van der Waals surface area contributed by atoms with Crippen LogP contribution in [0.4, 0.5) is 4.79 Å². The number of nitrogens with zero attached hydrogens (tertiary/aromatic N) is 1. The molecule has 184 valence electrons. The average Bonchev–Trinajstić information content (AvgIpc) is 3.52. The van der Waals surface area contributed by atoms with Gasteiger partial charge in [0.05, 0.1) is 5.41 Å². The van der Waals surface area contributed by atoms with Crippen molar-refractivity contribution in [2.45, 2.75) is 51.0 Å². The van der Waals surface area contributed by atoms with Crippen molar-refractivity contribution in [3.63, 3.8) is 0 Å². The van der Waals surface area contributed by atoms with Crippen LogP contribution in [0.25, 0.3) is 11.1 Å². The Labute approximate surface area is 205 Å². The van der Waals surface area contributed by atoms with E-state index in [0.29, 0.717) is 25.8 Å². The molecule has 2 aromatic carbocycles. The van der Waals surface area contributed by atoms with Gasteiger partial charge in [-0.2, -0.15) is 0 Å². The molecule has 35 heavy (non-hydrogen) atoms. The number of fused-ring (bicyclic) bond motifs is 4. The van der Waals surface area contributed by atoms with Crippen LogP contribution in [0, 0.1) is 11.3 Å². The van der Waals surface area contributed by atoms with E-state index in [-0.39, 0.29) is 30.9 Å². The van der Waals surface area contributed by atoms with Crippen molar-refractivity contribution in [2.75, 3.05) is 19.7 Å². The highest BCUT2D eigenvalue weighted by molar-refractivity contribution is 5.87. The van der Waals surface area contributed by atoms with Crippen LogP contribution in [0.1, 0.15) is 56.1 Å².